The van der Waals surface area contributed by atoms with Gasteiger partial charge in [0.1, 0.15) is 6.04 Å². The summed E-state index contributed by atoms with van der Waals surface area (Å²) in [6.45, 7) is 4.69. The van der Waals surface area contributed by atoms with E-state index in [1.54, 1.807) is 0 Å². The predicted molar refractivity (Wildman–Crippen MR) is 44.1 cm³/mol. The van der Waals surface area contributed by atoms with Crippen molar-refractivity contribution in [2.75, 3.05) is 26.3 Å². The number of morpholine rings is 1. The van der Waals surface area contributed by atoms with Gasteiger partial charge in [-0.15, -0.1) is 0 Å². The van der Waals surface area contributed by atoms with E-state index in [1.165, 1.54) is 0 Å². The first-order chi connectivity index (χ1) is 5.75. The highest BCUT2D eigenvalue weighted by molar-refractivity contribution is 5.73. The molecule has 1 aliphatic heterocycles. The molecule has 1 saturated heterocycles. The first-order valence-corrected chi connectivity index (χ1v) is 4.30. The van der Waals surface area contributed by atoms with Crippen LogP contribution in [-0.4, -0.2) is 48.3 Å². The lowest BCUT2D eigenvalue weighted by atomic mass is 10.2. The van der Waals surface area contributed by atoms with E-state index >= 15 is 0 Å². The summed E-state index contributed by atoms with van der Waals surface area (Å²) in [5.41, 5.74) is 0. The number of ether oxygens (including phenoxy) is 1. The summed E-state index contributed by atoms with van der Waals surface area (Å²) >= 11 is 0. The maximum atomic E-state index is 10.7. The van der Waals surface area contributed by atoms with Gasteiger partial charge in [-0.25, -0.2) is 0 Å². The van der Waals surface area contributed by atoms with Crippen molar-refractivity contribution in [3.8, 4) is 0 Å². The minimum atomic E-state index is -0.723. The lowest BCUT2D eigenvalue weighted by molar-refractivity contribution is -0.145. The summed E-state index contributed by atoms with van der Waals surface area (Å²) in [6.07, 6.45) is 0.662. The molecule has 70 valence electrons. The maximum Gasteiger partial charge on any atom is 0.320 e. The van der Waals surface area contributed by atoms with E-state index in [-0.39, 0.29) is 6.04 Å². The van der Waals surface area contributed by atoms with E-state index in [2.05, 4.69) is 0 Å². The zero-order valence-corrected chi connectivity index (χ0v) is 7.32. The van der Waals surface area contributed by atoms with Gasteiger partial charge in [-0.1, -0.05) is 6.92 Å². The van der Waals surface area contributed by atoms with Gasteiger partial charge in [0.25, 0.3) is 0 Å². The second kappa shape index (κ2) is 4.42. The molecule has 1 unspecified atom stereocenters. The van der Waals surface area contributed by atoms with Crippen LogP contribution in [0, 0.1) is 0 Å². The second-order valence-electron chi connectivity index (χ2n) is 2.91. The van der Waals surface area contributed by atoms with Crippen LogP contribution in [0.4, 0.5) is 0 Å². The first-order valence-electron chi connectivity index (χ1n) is 4.30. The third kappa shape index (κ3) is 2.19. The Balaban J connectivity index is 2.46. The van der Waals surface area contributed by atoms with Crippen LogP contribution >= 0.6 is 0 Å². The molecule has 4 nitrogen and oxygen atoms in total. The Kier molecular flexibility index (Phi) is 3.49. The van der Waals surface area contributed by atoms with Crippen LogP contribution in [0.25, 0.3) is 0 Å². The predicted octanol–water partition coefficient (Wildman–Crippen LogP) is 0.182. The van der Waals surface area contributed by atoms with E-state index in [0.717, 1.165) is 13.1 Å². The minimum Gasteiger partial charge on any atom is -0.480 e. The Morgan fingerprint density at radius 1 is 1.58 bits per heavy atom. The number of carbonyl (C=O) groups is 1. The quantitative estimate of drug-likeness (QED) is 0.661. The third-order valence-corrected chi connectivity index (χ3v) is 2.16. The largest absolute Gasteiger partial charge is 0.480 e. The molecule has 0 bridgehead atoms. The number of hydrogen-bond acceptors (Lipinski definition) is 3. The van der Waals surface area contributed by atoms with Gasteiger partial charge in [0.05, 0.1) is 13.2 Å². The molecule has 1 atom stereocenters. The molecular formula is C8H15NO3. The smallest absolute Gasteiger partial charge is 0.320 e. The third-order valence-electron chi connectivity index (χ3n) is 2.16. The van der Waals surface area contributed by atoms with Crippen LogP contribution in [0.15, 0.2) is 0 Å². The van der Waals surface area contributed by atoms with E-state index in [0.29, 0.717) is 19.6 Å². The van der Waals surface area contributed by atoms with E-state index in [4.69, 9.17) is 9.84 Å². The van der Waals surface area contributed by atoms with Crippen LogP contribution in [0.1, 0.15) is 13.3 Å². The number of hydrogen-bond donors (Lipinski definition) is 1. The lowest BCUT2D eigenvalue weighted by Crippen LogP contribution is -2.47. The van der Waals surface area contributed by atoms with Crippen LogP contribution in [0.3, 0.4) is 0 Å². The molecule has 0 radical (unpaired) electrons. The molecule has 1 heterocycles. The fraction of sp³-hybridized carbons (Fsp3) is 0.875. The summed E-state index contributed by atoms with van der Waals surface area (Å²) < 4.78 is 5.14. The molecule has 12 heavy (non-hydrogen) atoms. The summed E-state index contributed by atoms with van der Waals surface area (Å²) in [4.78, 5) is 12.7. The highest BCUT2D eigenvalue weighted by Crippen LogP contribution is 2.07. The monoisotopic (exact) mass is 173 g/mol. The number of aliphatic carboxylic acids is 1. The molecule has 4 heteroatoms. The van der Waals surface area contributed by atoms with Crippen molar-refractivity contribution in [1.29, 1.82) is 0 Å². The molecule has 1 N–H and O–H groups in total. The molecule has 0 amide bonds. The molecule has 1 aliphatic rings. The highest BCUT2D eigenvalue weighted by Gasteiger charge is 2.24. The van der Waals surface area contributed by atoms with E-state index < -0.39 is 5.97 Å². The van der Waals surface area contributed by atoms with Crippen molar-refractivity contribution in [2.24, 2.45) is 0 Å². The zero-order valence-electron chi connectivity index (χ0n) is 7.32. The molecule has 0 saturated carbocycles. The Morgan fingerprint density at radius 2 is 2.17 bits per heavy atom. The molecular weight excluding hydrogens is 158 g/mol. The Morgan fingerprint density at radius 3 is 2.58 bits per heavy atom. The van der Waals surface area contributed by atoms with Gasteiger partial charge in [0, 0.05) is 13.1 Å². The standard InChI is InChI=1S/C8H15NO3/c1-2-7(8(10)11)9-3-5-12-6-4-9/h7H,2-6H2,1H3,(H,10,11). The van der Waals surface area contributed by atoms with Gasteiger partial charge >= 0.3 is 5.97 Å². The van der Waals surface area contributed by atoms with Gasteiger partial charge in [-0.2, -0.15) is 0 Å². The van der Waals surface area contributed by atoms with Crippen molar-refractivity contribution in [3.63, 3.8) is 0 Å². The summed E-state index contributed by atoms with van der Waals surface area (Å²) in [7, 11) is 0. The van der Waals surface area contributed by atoms with Gasteiger partial charge in [0.15, 0.2) is 0 Å². The van der Waals surface area contributed by atoms with Gasteiger partial charge in [0.2, 0.25) is 0 Å². The van der Waals surface area contributed by atoms with Crippen molar-refractivity contribution >= 4 is 5.97 Å². The van der Waals surface area contributed by atoms with Crippen molar-refractivity contribution in [1.82, 2.24) is 4.90 Å². The lowest BCUT2D eigenvalue weighted by Gasteiger charge is -2.31. The highest BCUT2D eigenvalue weighted by atomic mass is 16.5. The number of carboxylic acids is 1. The number of carboxylic acid groups (broad SMARTS) is 1. The maximum absolute atomic E-state index is 10.7. The average Bonchev–Trinajstić information content (AvgIpc) is 2.07. The Bertz CT molecular complexity index is 154. The van der Waals surface area contributed by atoms with Crippen LogP contribution in [0.2, 0.25) is 0 Å². The summed E-state index contributed by atoms with van der Waals surface area (Å²) in [5.74, 6) is -0.723. The van der Waals surface area contributed by atoms with Crippen molar-refractivity contribution in [2.45, 2.75) is 19.4 Å². The fourth-order valence-electron chi connectivity index (χ4n) is 1.48. The summed E-state index contributed by atoms with van der Waals surface area (Å²) in [6, 6.07) is -0.325. The summed E-state index contributed by atoms with van der Waals surface area (Å²) in [5, 5.41) is 8.84. The second-order valence-corrected chi connectivity index (χ2v) is 2.91. The number of nitrogens with zero attached hydrogens (tertiary/aromatic N) is 1. The van der Waals surface area contributed by atoms with Crippen LogP contribution in [0.5, 0.6) is 0 Å². The molecule has 0 aromatic carbocycles. The molecule has 0 aromatic rings. The van der Waals surface area contributed by atoms with E-state index in [1.807, 2.05) is 11.8 Å². The van der Waals surface area contributed by atoms with Gasteiger partial charge < -0.3 is 9.84 Å². The normalized spacial score (nSPS) is 22.1. The Hall–Kier alpha value is -0.610. The fourth-order valence-corrected chi connectivity index (χ4v) is 1.48. The van der Waals surface area contributed by atoms with Gasteiger partial charge in [-0.05, 0) is 6.42 Å². The minimum absolute atomic E-state index is 0.325. The zero-order chi connectivity index (χ0) is 8.97. The van der Waals surface area contributed by atoms with Crippen molar-refractivity contribution < 1.29 is 14.6 Å². The SMILES string of the molecule is CCC(C(=O)O)N1CCOCC1. The molecule has 1 fully saturated rings. The molecule has 0 aliphatic carbocycles. The van der Waals surface area contributed by atoms with Crippen LogP contribution < -0.4 is 0 Å². The molecule has 1 rings (SSSR count). The van der Waals surface area contributed by atoms with Gasteiger partial charge in [-0.3, -0.25) is 9.69 Å². The average molecular weight is 173 g/mol. The first kappa shape index (κ1) is 9.48. The topological polar surface area (TPSA) is 49.8 Å². The van der Waals surface area contributed by atoms with E-state index in [9.17, 15) is 4.79 Å². The van der Waals surface area contributed by atoms with Crippen molar-refractivity contribution in [3.05, 3.63) is 0 Å². The molecule has 0 spiro atoms. The Labute approximate surface area is 72.1 Å². The van der Waals surface area contributed by atoms with Crippen LogP contribution in [-0.2, 0) is 9.53 Å². The number of rotatable bonds is 3. The molecule has 0 aromatic heterocycles.